The van der Waals surface area contributed by atoms with Gasteiger partial charge in [-0.2, -0.15) is 0 Å². The lowest BCUT2D eigenvalue weighted by atomic mass is 9.75. The van der Waals surface area contributed by atoms with Crippen LogP contribution in [0.1, 0.15) is 78.1 Å². The molecule has 2 atom stereocenters. The van der Waals surface area contributed by atoms with Crippen molar-refractivity contribution in [2.24, 2.45) is 11.3 Å². The minimum absolute atomic E-state index is 0.0101. The van der Waals surface area contributed by atoms with E-state index >= 15 is 0 Å². The van der Waals surface area contributed by atoms with E-state index in [9.17, 15) is 0 Å². The zero-order valence-corrected chi connectivity index (χ0v) is 15.6. The first-order valence-corrected chi connectivity index (χ1v) is 8.95. The molecule has 3 fully saturated rings. The van der Waals surface area contributed by atoms with E-state index < -0.39 is 37.1 Å². The summed E-state index contributed by atoms with van der Waals surface area (Å²) < 4.78 is 69.5. The summed E-state index contributed by atoms with van der Waals surface area (Å²) in [6, 6.07) is 0.253. The lowest BCUT2D eigenvalue weighted by Gasteiger charge is -2.48. The summed E-state index contributed by atoms with van der Waals surface area (Å²) in [6.07, 6.45) is -3.29. The minimum atomic E-state index is -2.67. The van der Waals surface area contributed by atoms with Gasteiger partial charge in [0.2, 0.25) is 0 Å². The normalized spacial score (nSPS) is 46.5. The molecule has 3 rings (SSSR count). The smallest absolute Gasteiger partial charge is 0.0512 e. The molecule has 2 bridgehead atoms. The number of fused-ring (bicyclic) bond motifs is 2. The highest BCUT2D eigenvalue weighted by atomic mass is 15.4. The first-order chi connectivity index (χ1) is 13.7. The Hall–Kier alpha value is -0.120. The molecular formula is C20H39N3. The van der Waals surface area contributed by atoms with Crippen molar-refractivity contribution in [1.82, 2.24) is 14.7 Å². The maximum Gasteiger partial charge on any atom is 0.0512 e. The van der Waals surface area contributed by atoms with Crippen LogP contribution in [-0.2, 0) is 0 Å². The lowest BCUT2D eigenvalue weighted by Crippen LogP contribution is -2.60. The maximum atomic E-state index is 8.71. The number of nitrogens with zero attached hydrogens (tertiary/aromatic N) is 3. The van der Waals surface area contributed by atoms with Crippen molar-refractivity contribution in [2.75, 3.05) is 32.8 Å². The summed E-state index contributed by atoms with van der Waals surface area (Å²) in [5, 5.41) is 0. The van der Waals surface area contributed by atoms with Crippen LogP contribution in [0.5, 0.6) is 0 Å². The molecule has 0 N–H and O–H groups in total. The Balaban J connectivity index is 1.97. The maximum absolute atomic E-state index is 8.71. The van der Waals surface area contributed by atoms with Crippen LogP contribution in [0.4, 0.5) is 0 Å². The predicted octanol–water partition coefficient (Wildman–Crippen LogP) is 3.65. The van der Waals surface area contributed by atoms with Crippen molar-refractivity contribution in [1.29, 1.82) is 0 Å². The molecule has 0 amide bonds. The van der Waals surface area contributed by atoms with Gasteiger partial charge in [-0.3, -0.25) is 14.7 Å². The van der Waals surface area contributed by atoms with Crippen LogP contribution in [0.2, 0.25) is 0 Å². The van der Waals surface area contributed by atoms with Crippen LogP contribution in [0.3, 0.4) is 0 Å². The molecule has 3 aliphatic heterocycles. The van der Waals surface area contributed by atoms with Crippen LogP contribution in [0.25, 0.3) is 0 Å². The molecule has 0 spiro atoms. The SMILES string of the molecule is [2H]C1([2H])C(C(C)(C)C)C([2H])([2H])C([2H])([2H])N(CN2C3CCC2CN(C(C)(C)C)C3)C1([2H])[2H]. The molecule has 3 heterocycles. The third-order valence-corrected chi connectivity index (χ3v) is 5.44. The van der Waals surface area contributed by atoms with E-state index in [0.29, 0.717) is 0 Å². The topological polar surface area (TPSA) is 9.72 Å². The molecule has 23 heavy (non-hydrogen) atoms. The van der Waals surface area contributed by atoms with E-state index in [1.165, 1.54) is 0 Å². The number of piperidine rings is 1. The van der Waals surface area contributed by atoms with Gasteiger partial charge in [-0.15, -0.1) is 0 Å². The van der Waals surface area contributed by atoms with Crippen molar-refractivity contribution in [3.8, 4) is 0 Å². The van der Waals surface area contributed by atoms with Gasteiger partial charge >= 0.3 is 0 Å². The van der Waals surface area contributed by atoms with Gasteiger partial charge in [0.15, 0.2) is 0 Å². The van der Waals surface area contributed by atoms with Gasteiger partial charge in [0.25, 0.3) is 0 Å². The third kappa shape index (κ3) is 3.93. The highest BCUT2D eigenvalue weighted by Crippen LogP contribution is 2.36. The Labute approximate surface area is 155 Å². The van der Waals surface area contributed by atoms with Crippen molar-refractivity contribution in [3.05, 3.63) is 0 Å². The highest BCUT2D eigenvalue weighted by molar-refractivity contribution is 4.99. The van der Waals surface area contributed by atoms with E-state index in [0.717, 1.165) is 30.8 Å². The second-order valence-electron chi connectivity index (χ2n) is 9.36. The molecule has 3 saturated heterocycles. The van der Waals surface area contributed by atoms with Crippen LogP contribution in [0.15, 0.2) is 0 Å². The number of piperazine rings is 1. The minimum Gasteiger partial charge on any atom is -0.295 e. The summed E-state index contributed by atoms with van der Waals surface area (Å²) in [7, 11) is 0. The molecule has 0 aromatic rings. The zero-order valence-electron chi connectivity index (χ0n) is 23.6. The van der Waals surface area contributed by atoms with Crippen molar-refractivity contribution in [3.63, 3.8) is 0 Å². The second kappa shape index (κ2) is 6.31. The average Bonchev–Trinajstić information content (AvgIpc) is 2.75. The summed E-state index contributed by atoms with van der Waals surface area (Å²) in [5.41, 5.74) is -0.951. The molecule has 3 heteroatoms. The fourth-order valence-electron chi connectivity index (χ4n) is 3.78. The summed E-state index contributed by atoms with van der Waals surface area (Å²) in [6.45, 7) is 7.60. The fourth-order valence-corrected chi connectivity index (χ4v) is 3.78. The summed E-state index contributed by atoms with van der Waals surface area (Å²) in [4.78, 5) is 5.32. The average molecular weight is 330 g/mol. The van der Waals surface area contributed by atoms with Gasteiger partial charge in [-0.1, -0.05) is 20.8 Å². The standard InChI is InChI=1S/C20H39N3/c1-19(2,3)16-9-11-21(12-10-16)15-23-17-7-8-18(23)14-22(13-17)20(4,5)6/h16-18H,7-15H2,1-6H3/i9D2,10D2,11D2,12D2. The van der Waals surface area contributed by atoms with Gasteiger partial charge in [0, 0.05) is 41.7 Å². The van der Waals surface area contributed by atoms with Gasteiger partial charge in [0.1, 0.15) is 0 Å². The molecule has 0 saturated carbocycles. The van der Waals surface area contributed by atoms with Crippen LogP contribution >= 0.6 is 0 Å². The Morgan fingerprint density at radius 1 is 0.913 bits per heavy atom. The number of rotatable bonds is 2. The molecule has 2 unspecified atom stereocenters. The molecule has 3 aliphatic rings. The van der Waals surface area contributed by atoms with Crippen molar-refractivity contribution >= 4 is 0 Å². The van der Waals surface area contributed by atoms with Crippen LogP contribution in [-0.4, -0.2) is 65.1 Å². The number of hydrogen-bond donors (Lipinski definition) is 0. The van der Waals surface area contributed by atoms with E-state index in [1.54, 1.807) is 20.8 Å². The monoisotopic (exact) mass is 329 g/mol. The quantitative estimate of drug-likeness (QED) is 0.765. The molecule has 0 aromatic carbocycles. The zero-order chi connectivity index (χ0) is 24.0. The van der Waals surface area contributed by atoms with Gasteiger partial charge < -0.3 is 0 Å². The largest absolute Gasteiger partial charge is 0.295 e. The Kier molecular flexibility index (Phi) is 2.78. The van der Waals surface area contributed by atoms with Gasteiger partial charge in [0.05, 0.1) is 6.67 Å². The molecule has 0 radical (unpaired) electrons. The van der Waals surface area contributed by atoms with E-state index in [2.05, 4.69) is 30.6 Å². The Morgan fingerprint density at radius 3 is 1.87 bits per heavy atom. The van der Waals surface area contributed by atoms with Crippen LogP contribution in [0, 0.1) is 11.3 Å². The van der Waals surface area contributed by atoms with E-state index in [1.807, 2.05) is 0 Å². The summed E-state index contributed by atoms with van der Waals surface area (Å²) in [5.74, 6) is -1.46. The molecular weight excluding hydrogens is 282 g/mol. The van der Waals surface area contributed by atoms with E-state index in [4.69, 9.17) is 11.0 Å². The van der Waals surface area contributed by atoms with Crippen molar-refractivity contribution < 1.29 is 11.0 Å². The third-order valence-electron chi connectivity index (χ3n) is 5.44. The number of hydrogen-bond acceptors (Lipinski definition) is 3. The molecule has 134 valence electrons. The van der Waals surface area contributed by atoms with Crippen LogP contribution < -0.4 is 0 Å². The Morgan fingerprint density at radius 2 is 1.43 bits per heavy atom. The van der Waals surface area contributed by atoms with Gasteiger partial charge in [-0.05, 0) is 70.7 Å². The first-order valence-electron chi connectivity index (χ1n) is 13.0. The Bertz CT molecular complexity index is 656. The molecule has 0 aromatic heterocycles. The lowest BCUT2D eigenvalue weighted by molar-refractivity contribution is -0.0228. The molecule has 0 aliphatic carbocycles. The predicted molar refractivity (Wildman–Crippen MR) is 98.6 cm³/mol. The van der Waals surface area contributed by atoms with Crippen molar-refractivity contribution in [2.45, 2.75) is 84.8 Å². The van der Waals surface area contributed by atoms with Gasteiger partial charge in [-0.25, -0.2) is 0 Å². The highest BCUT2D eigenvalue weighted by Gasteiger charge is 2.43. The first kappa shape index (κ1) is 10.1. The summed E-state index contributed by atoms with van der Waals surface area (Å²) >= 11 is 0. The number of likely N-dealkylation sites (tertiary alicyclic amines) is 2. The fraction of sp³-hybridized carbons (Fsp3) is 1.00. The molecule has 3 nitrogen and oxygen atoms in total. The van der Waals surface area contributed by atoms with E-state index in [-0.39, 0.29) is 24.3 Å². The second-order valence-corrected chi connectivity index (χ2v) is 9.36.